The molecule has 1 aromatic heterocycles. The van der Waals surface area contributed by atoms with Crippen LogP contribution in [-0.4, -0.2) is 29.8 Å². The van der Waals surface area contributed by atoms with Crippen molar-refractivity contribution < 1.29 is 9.59 Å². The maximum absolute atomic E-state index is 12.3. The molecule has 1 aliphatic rings. The van der Waals surface area contributed by atoms with Crippen molar-refractivity contribution in [2.45, 2.75) is 25.8 Å². The van der Waals surface area contributed by atoms with Gasteiger partial charge in [-0.1, -0.05) is 30.0 Å². The summed E-state index contributed by atoms with van der Waals surface area (Å²) < 4.78 is 0. The van der Waals surface area contributed by atoms with Gasteiger partial charge in [0.25, 0.3) is 0 Å². The molecule has 5 heteroatoms. The van der Waals surface area contributed by atoms with Gasteiger partial charge in [0.1, 0.15) is 0 Å². The van der Waals surface area contributed by atoms with Crippen LogP contribution in [-0.2, 0) is 22.6 Å². The monoisotopic (exact) mass is 352 g/mol. The Kier molecular flexibility index (Phi) is 5.86. The van der Waals surface area contributed by atoms with Gasteiger partial charge in [0.15, 0.2) is 0 Å². The second kappa shape index (κ2) is 8.50. The highest BCUT2D eigenvalue weighted by molar-refractivity contribution is 7.10. The molecule has 0 saturated heterocycles. The van der Waals surface area contributed by atoms with E-state index in [-0.39, 0.29) is 24.7 Å². The minimum Gasteiger partial charge on any atom is -0.345 e. The zero-order chi connectivity index (χ0) is 17.5. The predicted molar refractivity (Wildman–Crippen MR) is 99.0 cm³/mol. The van der Waals surface area contributed by atoms with Gasteiger partial charge in [-0.2, -0.15) is 0 Å². The first-order valence-electron chi connectivity index (χ1n) is 8.36. The standard InChI is InChI=1S/C20H20N2O2S/c23-19(21-12-4-7-16-5-2-1-3-6-16)8-9-20(24)22-13-10-18-17(15-22)11-14-25-18/h1-3,5-6,11,14H,8-10,12-13,15H2,(H,21,23). The van der Waals surface area contributed by atoms with Crippen molar-refractivity contribution in [3.63, 3.8) is 0 Å². The van der Waals surface area contributed by atoms with Crippen LogP contribution in [0.15, 0.2) is 41.8 Å². The number of carbonyl (C=O) groups is 2. The van der Waals surface area contributed by atoms with Crippen LogP contribution < -0.4 is 5.32 Å². The number of nitrogens with zero attached hydrogens (tertiary/aromatic N) is 1. The Labute approximate surface area is 151 Å². The van der Waals surface area contributed by atoms with Crippen LogP contribution in [0.3, 0.4) is 0 Å². The molecular weight excluding hydrogens is 332 g/mol. The summed E-state index contributed by atoms with van der Waals surface area (Å²) in [5, 5.41) is 4.81. The summed E-state index contributed by atoms with van der Waals surface area (Å²) in [6, 6.07) is 11.7. The Morgan fingerprint density at radius 1 is 1.16 bits per heavy atom. The number of amides is 2. The minimum atomic E-state index is -0.135. The Balaban J connectivity index is 1.38. The first kappa shape index (κ1) is 17.2. The van der Waals surface area contributed by atoms with E-state index in [2.05, 4.69) is 28.6 Å². The van der Waals surface area contributed by atoms with Crippen LogP contribution >= 0.6 is 11.3 Å². The molecule has 2 heterocycles. The maximum atomic E-state index is 12.3. The number of fused-ring (bicyclic) bond motifs is 1. The zero-order valence-corrected chi connectivity index (χ0v) is 14.8. The average Bonchev–Trinajstić information content (AvgIpc) is 3.12. The third kappa shape index (κ3) is 4.94. The Morgan fingerprint density at radius 3 is 2.84 bits per heavy atom. The topological polar surface area (TPSA) is 49.4 Å². The summed E-state index contributed by atoms with van der Waals surface area (Å²) in [5.74, 6) is 5.81. The van der Waals surface area contributed by atoms with Crippen molar-refractivity contribution in [1.82, 2.24) is 10.2 Å². The van der Waals surface area contributed by atoms with Crippen LogP contribution in [0.5, 0.6) is 0 Å². The fourth-order valence-electron chi connectivity index (χ4n) is 2.74. The van der Waals surface area contributed by atoms with Gasteiger partial charge in [-0.05, 0) is 35.6 Å². The summed E-state index contributed by atoms with van der Waals surface area (Å²) in [5.41, 5.74) is 2.16. The molecule has 1 N–H and O–H groups in total. The second-order valence-corrected chi connectivity index (χ2v) is 6.88. The fourth-order valence-corrected chi connectivity index (χ4v) is 3.63. The van der Waals surface area contributed by atoms with E-state index in [1.165, 1.54) is 10.4 Å². The van der Waals surface area contributed by atoms with Gasteiger partial charge in [0.05, 0.1) is 6.54 Å². The highest BCUT2D eigenvalue weighted by Gasteiger charge is 2.21. The highest BCUT2D eigenvalue weighted by atomic mass is 32.1. The van der Waals surface area contributed by atoms with E-state index in [1.54, 1.807) is 11.3 Å². The highest BCUT2D eigenvalue weighted by Crippen LogP contribution is 2.24. The van der Waals surface area contributed by atoms with Crippen LogP contribution in [0.1, 0.15) is 28.8 Å². The Bertz CT molecular complexity index is 802. The van der Waals surface area contributed by atoms with Crippen LogP contribution in [0.2, 0.25) is 0 Å². The lowest BCUT2D eigenvalue weighted by molar-refractivity contribution is -0.134. The number of hydrogen-bond acceptors (Lipinski definition) is 3. The van der Waals surface area contributed by atoms with E-state index in [4.69, 9.17) is 0 Å². The number of thiophene rings is 1. The molecule has 0 saturated carbocycles. The van der Waals surface area contributed by atoms with Gasteiger partial charge in [-0.3, -0.25) is 9.59 Å². The molecule has 1 aromatic carbocycles. The molecule has 128 valence electrons. The Morgan fingerprint density at radius 2 is 2.00 bits per heavy atom. The van der Waals surface area contributed by atoms with E-state index >= 15 is 0 Å². The molecule has 2 aromatic rings. The number of benzene rings is 1. The quantitative estimate of drug-likeness (QED) is 0.860. The van der Waals surface area contributed by atoms with Crippen molar-refractivity contribution in [2.24, 2.45) is 0 Å². The van der Waals surface area contributed by atoms with Gasteiger partial charge in [-0.25, -0.2) is 0 Å². The zero-order valence-electron chi connectivity index (χ0n) is 14.0. The molecule has 0 radical (unpaired) electrons. The van der Waals surface area contributed by atoms with Gasteiger partial charge in [0, 0.05) is 36.4 Å². The van der Waals surface area contributed by atoms with Crippen molar-refractivity contribution in [3.8, 4) is 11.8 Å². The van der Waals surface area contributed by atoms with Crippen molar-refractivity contribution in [1.29, 1.82) is 0 Å². The average molecular weight is 352 g/mol. The third-order valence-electron chi connectivity index (χ3n) is 4.11. The van der Waals surface area contributed by atoms with Crippen LogP contribution in [0.25, 0.3) is 0 Å². The van der Waals surface area contributed by atoms with Crippen molar-refractivity contribution in [2.75, 3.05) is 13.1 Å². The molecule has 3 rings (SSSR count). The molecule has 4 nitrogen and oxygen atoms in total. The molecule has 2 amide bonds. The number of nitrogens with one attached hydrogen (secondary N) is 1. The smallest absolute Gasteiger partial charge is 0.223 e. The summed E-state index contributed by atoms with van der Waals surface area (Å²) in [6.07, 6.45) is 1.37. The van der Waals surface area contributed by atoms with Crippen molar-refractivity contribution >= 4 is 23.2 Å². The van der Waals surface area contributed by atoms with Gasteiger partial charge >= 0.3 is 0 Å². The molecule has 0 bridgehead atoms. The van der Waals surface area contributed by atoms with E-state index in [0.717, 1.165) is 18.5 Å². The predicted octanol–water partition coefficient (Wildman–Crippen LogP) is 2.58. The summed E-state index contributed by atoms with van der Waals surface area (Å²) in [6.45, 7) is 1.71. The largest absolute Gasteiger partial charge is 0.345 e. The summed E-state index contributed by atoms with van der Waals surface area (Å²) in [4.78, 5) is 27.3. The molecule has 0 aliphatic carbocycles. The number of carbonyl (C=O) groups excluding carboxylic acids is 2. The third-order valence-corrected chi connectivity index (χ3v) is 5.13. The number of hydrogen-bond donors (Lipinski definition) is 1. The first-order valence-corrected chi connectivity index (χ1v) is 9.24. The van der Waals surface area contributed by atoms with Crippen LogP contribution in [0.4, 0.5) is 0 Å². The lowest BCUT2D eigenvalue weighted by Crippen LogP contribution is -2.36. The van der Waals surface area contributed by atoms with Crippen molar-refractivity contribution in [3.05, 3.63) is 57.8 Å². The molecule has 0 unspecified atom stereocenters. The first-order chi connectivity index (χ1) is 12.2. The molecule has 25 heavy (non-hydrogen) atoms. The lowest BCUT2D eigenvalue weighted by Gasteiger charge is -2.27. The van der Waals surface area contributed by atoms with Crippen LogP contribution in [0, 0.1) is 11.8 Å². The maximum Gasteiger partial charge on any atom is 0.223 e. The number of rotatable bonds is 4. The van der Waals surface area contributed by atoms with E-state index < -0.39 is 0 Å². The SMILES string of the molecule is O=C(CCC(=O)N1CCc2sccc2C1)NCC#Cc1ccccc1. The molecule has 0 fully saturated rings. The van der Waals surface area contributed by atoms with E-state index in [9.17, 15) is 9.59 Å². The van der Waals surface area contributed by atoms with Gasteiger partial charge in [0.2, 0.25) is 11.8 Å². The fraction of sp³-hybridized carbons (Fsp3) is 0.300. The second-order valence-electron chi connectivity index (χ2n) is 5.88. The molecule has 0 atom stereocenters. The molecule has 1 aliphatic heterocycles. The summed E-state index contributed by atoms with van der Waals surface area (Å²) >= 11 is 1.75. The molecule has 0 spiro atoms. The van der Waals surface area contributed by atoms with E-state index in [0.29, 0.717) is 13.1 Å². The lowest BCUT2D eigenvalue weighted by atomic mass is 10.1. The van der Waals surface area contributed by atoms with E-state index in [1.807, 2.05) is 35.2 Å². The molecular formula is C20H20N2O2S. The summed E-state index contributed by atoms with van der Waals surface area (Å²) in [7, 11) is 0. The normalized spacial score (nSPS) is 12.7. The van der Waals surface area contributed by atoms with Gasteiger partial charge in [-0.15, -0.1) is 11.3 Å². The minimum absolute atomic E-state index is 0.0439. The Hall–Kier alpha value is -2.58. The van der Waals surface area contributed by atoms with Gasteiger partial charge < -0.3 is 10.2 Å².